The number of carbonyl (C=O) groups excluding carboxylic acids is 1. The molecule has 1 saturated heterocycles. The number of piperazine rings is 1. The standard InChI is InChI=1S/C18H23N5O2S2/c1-13-12-22(18(24)14-5-3-2-4-6-14)9-10-23(13)27(25)17-8-7-16(26-17)15(19)11-21-20/h2-8,11,13,21H,9-10,12,19-20H2,1H3/b15-11-. The quantitative estimate of drug-likeness (QED) is 0.514. The molecule has 2 unspecified atom stereocenters. The average Bonchev–Trinajstić information content (AvgIpc) is 3.18. The van der Waals surface area contributed by atoms with Crippen molar-refractivity contribution in [1.29, 1.82) is 0 Å². The number of nitrogens with one attached hydrogen (secondary N) is 1. The zero-order valence-electron chi connectivity index (χ0n) is 15.0. The van der Waals surface area contributed by atoms with Crippen LogP contribution in [0.4, 0.5) is 0 Å². The van der Waals surface area contributed by atoms with Crippen molar-refractivity contribution in [3.63, 3.8) is 0 Å². The molecular formula is C18H23N5O2S2. The van der Waals surface area contributed by atoms with Gasteiger partial charge in [-0.3, -0.25) is 10.6 Å². The van der Waals surface area contributed by atoms with Crippen molar-refractivity contribution in [2.45, 2.75) is 17.2 Å². The molecule has 0 spiro atoms. The van der Waals surface area contributed by atoms with E-state index < -0.39 is 11.0 Å². The molecule has 1 aromatic heterocycles. The van der Waals surface area contributed by atoms with E-state index >= 15 is 0 Å². The molecule has 5 N–H and O–H groups in total. The smallest absolute Gasteiger partial charge is 0.253 e. The van der Waals surface area contributed by atoms with E-state index in [2.05, 4.69) is 5.43 Å². The van der Waals surface area contributed by atoms with Crippen LogP contribution >= 0.6 is 11.3 Å². The molecule has 0 aliphatic carbocycles. The van der Waals surface area contributed by atoms with E-state index in [0.29, 0.717) is 30.9 Å². The molecule has 0 saturated carbocycles. The third-order valence-corrected chi connectivity index (χ3v) is 7.42. The Morgan fingerprint density at radius 3 is 2.67 bits per heavy atom. The van der Waals surface area contributed by atoms with E-state index in [9.17, 15) is 9.00 Å². The van der Waals surface area contributed by atoms with Crippen LogP contribution < -0.4 is 17.0 Å². The lowest BCUT2D eigenvalue weighted by atomic mass is 10.1. The van der Waals surface area contributed by atoms with E-state index in [4.69, 9.17) is 11.6 Å². The van der Waals surface area contributed by atoms with E-state index in [0.717, 1.165) is 9.09 Å². The normalized spacial score (nSPS) is 19.7. The van der Waals surface area contributed by atoms with Crippen molar-refractivity contribution in [2.24, 2.45) is 11.6 Å². The summed E-state index contributed by atoms with van der Waals surface area (Å²) in [6.07, 6.45) is 1.50. The second-order valence-corrected chi connectivity index (χ2v) is 8.99. The molecule has 1 aromatic carbocycles. The van der Waals surface area contributed by atoms with Crippen molar-refractivity contribution < 1.29 is 9.00 Å². The summed E-state index contributed by atoms with van der Waals surface area (Å²) < 4.78 is 15.6. The Labute approximate surface area is 165 Å². The zero-order chi connectivity index (χ0) is 19.4. The largest absolute Gasteiger partial charge is 0.396 e. The first kappa shape index (κ1) is 19.6. The van der Waals surface area contributed by atoms with Gasteiger partial charge < -0.3 is 16.1 Å². The SMILES string of the molecule is CC1CN(C(=O)c2ccccc2)CCN1S(=O)c1ccc(/C(N)=C/NN)s1. The predicted octanol–water partition coefficient (Wildman–Crippen LogP) is 1.34. The van der Waals surface area contributed by atoms with Gasteiger partial charge in [-0.05, 0) is 31.2 Å². The van der Waals surface area contributed by atoms with Crippen LogP contribution in [0.5, 0.6) is 0 Å². The fourth-order valence-electron chi connectivity index (χ4n) is 2.98. The highest BCUT2D eigenvalue weighted by Gasteiger charge is 2.31. The number of benzene rings is 1. The lowest BCUT2D eigenvalue weighted by Crippen LogP contribution is -2.53. The van der Waals surface area contributed by atoms with Gasteiger partial charge in [-0.2, -0.15) is 0 Å². The summed E-state index contributed by atoms with van der Waals surface area (Å²) in [5.74, 6) is 5.26. The number of hydrogen-bond acceptors (Lipinski definition) is 6. The molecule has 0 radical (unpaired) electrons. The second-order valence-electron chi connectivity index (χ2n) is 6.24. The van der Waals surface area contributed by atoms with Crippen LogP contribution in [0, 0.1) is 0 Å². The molecule has 0 bridgehead atoms. The van der Waals surface area contributed by atoms with E-state index in [1.165, 1.54) is 17.5 Å². The maximum atomic E-state index is 13.0. The molecule has 9 heteroatoms. The zero-order valence-corrected chi connectivity index (χ0v) is 16.6. The van der Waals surface area contributed by atoms with Gasteiger partial charge in [0, 0.05) is 37.4 Å². The summed E-state index contributed by atoms with van der Waals surface area (Å²) in [6.45, 7) is 3.62. The summed E-state index contributed by atoms with van der Waals surface area (Å²) in [6, 6.07) is 12.9. The van der Waals surface area contributed by atoms with Crippen molar-refractivity contribution in [3.05, 3.63) is 59.1 Å². The molecule has 2 atom stereocenters. The lowest BCUT2D eigenvalue weighted by molar-refractivity contribution is 0.0648. The van der Waals surface area contributed by atoms with E-state index in [1.54, 1.807) is 0 Å². The van der Waals surface area contributed by atoms with Crippen LogP contribution in [0.2, 0.25) is 0 Å². The minimum Gasteiger partial charge on any atom is -0.396 e. The molecule has 144 valence electrons. The molecule has 1 amide bonds. The van der Waals surface area contributed by atoms with Gasteiger partial charge in [0.1, 0.15) is 15.2 Å². The van der Waals surface area contributed by atoms with Gasteiger partial charge >= 0.3 is 0 Å². The summed E-state index contributed by atoms with van der Waals surface area (Å²) in [5.41, 5.74) is 9.48. The Morgan fingerprint density at radius 2 is 2.00 bits per heavy atom. The molecule has 27 heavy (non-hydrogen) atoms. The summed E-state index contributed by atoms with van der Waals surface area (Å²) in [7, 11) is -1.29. The first-order valence-electron chi connectivity index (χ1n) is 8.56. The van der Waals surface area contributed by atoms with Gasteiger partial charge in [0.2, 0.25) is 0 Å². The Kier molecular flexibility index (Phi) is 6.27. The number of nitrogens with two attached hydrogens (primary N) is 2. The number of amides is 1. The number of hydrogen-bond donors (Lipinski definition) is 3. The van der Waals surface area contributed by atoms with Crippen LogP contribution in [-0.2, 0) is 11.0 Å². The maximum Gasteiger partial charge on any atom is 0.253 e. The topological polar surface area (TPSA) is 105 Å². The van der Waals surface area contributed by atoms with E-state index in [-0.39, 0.29) is 11.9 Å². The van der Waals surface area contributed by atoms with Gasteiger partial charge in [-0.25, -0.2) is 8.51 Å². The van der Waals surface area contributed by atoms with Crippen LogP contribution in [0.25, 0.3) is 5.70 Å². The van der Waals surface area contributed by atoms with Crippen LogP contribution in [0.3, 0.4) is 0 Å². The molecule has 2 aromatic rings. The fraction of sp³-hybridized carbons (Fsp3) is 0.278. The van der Waals surface area contributed by atoms with Crippen molar-refractivity contribution in [2.75, 3.05) is 19.6 Å². The minimum atomic E-state index is -1.29. The first-order valence-corrected chi connectivity index (χ1v) is 10.5. The summed E-state index contributed by atoms with van der Waals surface area (Å²) in [5, 5.41) is 0. The third-order valence-electron chi connectivity index (χ3n) is 4.36. The summed E-state index contributed by atoms with van der Waals surface area (Å²) >= 11 is 1.38. The van der Waals surface area contributed by atoms with Crippen LogP contribution in [0.15, 0.2) is 52.9 Å². The molecule has 3 rings (SSSR count). The predicted molar refractivity (Wildman–Crippen MR) is 109 cm³/mol. The monoisotopic (exact) mass is 405 g/mol. The van der Waals surface area contributed by atoms with Gasteiger partial charge in [0.25, 0.3) is 5.91 Å². The number of carbonyl (C=O) groups is 1. The molecule has 7 nitrogen and oxygen atoms in total. The lowest BCUT2D eigenvalue weighted by Gasteiger charge is -2.38. The molecule has 1 aliphatic heterocycles. The molecule has 1 fully saturated rings. The Morgan fingerprint density at radius 1 is 1.26 bits per heavy atom. The maximum absolute atomic E-state index is 13.0. The molecule has 2 heterocycles. The van der Waals surface area contributed by atoms with Crippen molar-refractivity contribution >= 4 is 33.9 Å². The first-order chi connectivity index (χ1) is 13.0. The van der Waals surface area contributed by atoms with Gasteiger partial charge in [0.15, 0.2) is 0 Å². The number of hydrazine groups is 1. The number of nitrogens with zero attached hydrogens (tertiary/aromatic N) is 2. The number of rotatable bonds is 5. The van der Waals surface area contributed by atoms with Gasteiger partial charge in [-0.15, -0.1) is 11.3 Å². The second kappa shape index (κ2) is 8.66. The third kappa shape index (κ3) is 4.38. The molecule has 1 aliphatic rings. The Bertz CT molecular complexity index is 852. The summed E-state index contributed by atoms with van der Waals surface area (Å²) in [4.78, 5) is 15.3. The van der Waals surface area contributed by atoms with Crippen LogP contribution in [-0.4, -0.2) is 45.0 Å². The Balaban J connectivity index is 1.67. The highest BCUT2D eigenvalue weighted by Crippen LogP contribution is 2.27. The minimum absolute atomic E-state index is 0.0125. The average molecular weight is 406 g/mol. The fourth-order valence-corrected chi connectivity index (χ4v) is 5.54. The number of thiophene rings is 1. The van der Waals surface area contributed by atoms with Crippen molar-refractivity contribution in [1.82, 2.24) is 14.6 Å². The highest BCUT2D eigenvalue weighted by atomic mass is 32.2. The van der Waals surface area contributed by atoms with Crippen molar-refractivity contribution in [3.8, 4) is 0 Å². The highest BCUT2D eigenvalue weighted by molar-refractivity contribution is 7.85. The Hall–Kier alpha value is -2.20. The van der Waals surface area contributed by atoms with Gasteiger partial charge in [-0.1, -0.05) is 18.2 Å². The van der Waals surface area contributed by atoms with E-state index in [1.807, 2.05) is 58.6 Å². The van der Waals surface area contributed by atoms with Gasteiger partial charge in [0.05, 0.1) is 10.6 Å². The molecular weight excluding hydrogens is 382 g/mol. The van der Waals surface area contributed by atoms with Crippen LogP contribution in [0.1, 0.15) is 22.2 Å².